The number of hydrogen-bond acceptors (Lipinski definition) is 10. The number of hydrogen-bond donors (Lipinski definition) is 2. The van der Waals surface area contributed by atoms with Gasteiger partial charge < -0.3 is 19.7 Å². The van der Waals surface area contributed by atoms with E-state index in [1.54, 1.807) is 36.5 Å². The van der Waals surface area contributed by atoms with Crippen LogP contribution in [0, 0.1) is 17.8 Å². The van der Waals surface area contributed by atoms with E-state index in [0.29, 0.717) is 41.6 Å². The van der Waals surface area contributed by atoms with Crippen LogP contribution in [0.4, 0.5) is 0 Å². The molecule has 2 aliphatic carbocycles. The normalized spacial score (nSPS) is 28.2. The second kappa shape index (κ2) is 15.6. The lowest BCUT2D eigenvalue weighted by molar-refractivity contribution is -0.140. The van der Waals surface area contributed by atoms with Gasteiger partial charge in [0.25, 0.3) is 5.91 Å². The lowest BCUT2D eigenvalue weighted by Crippen LogP contribution is -2.57. The van der Waals surface area contributed by atoms with E-state index in [0.717, 1.165) is 30.6 Å². The van der Waals surface area contributed by atoms with Crippen LogP contribution < -0.4 is 19.5 Å². The standard InChI is InChI=1S/C42H52N6O7S/c1-26(2)54-31-12-10-29(11-13-31)34-20-32(21-35(45-34)36-24-43-16-17-44-36)55-33-22-37-39(50)46-42(40(51)47-56(52,53)41(5)14-15-41)23-30(42)9-7-6-8-27(3)18-28(4)19-38(49)48(37)25-33/h7,9-13,16-17,20-21,24,26-28,30,33,37H,6,8,14-15,18-19,22-23,25H2,1-5H3,(H,46,50)(H,47,51)/b9-7-/t27-,28-,30-,33-,37+,42-/m1/s1. The lowest BCUT2D eigenvalue weighted by atomic mass is 9.91. The summed E-state index contributed by atoms with van der Waals surface area (Å²) < 4.78 is 40.1. The second-order valence-electron chi connectivity index (χ2n) is 16.7. The average molecular weight is 785 g/mol. The molecular formula is C42H52N6O7S. The smallest absolute Gasteiger partial charge is 0.259 e. The molecule has 0 bridgehead atoms. The van der Waals surface area contributed by atoms with Crippen LogP contribution in [-0.2, 0) is 24.4 Å². The second-order valence-corrected chi connectivity index (χ2v) is 18.9. The molecule has 14 heteroatoms. The molecule has 3 fully saturated rings. The number of pyridine rings is 1. The number of nitrogens with one attached hydrogen (secondary N) is 2. The van der Waals surface area contributed by atoms with Crippen molar-refractivity contribution in [2.75, 3.05) is 6.54 Å². The largest absolute Gasteiger partial charge is 0.491 e. The van der Waals surface area contributed by atoms with E-state index >= 15 is 0 Å². The van der Waals surface area contributed by atoms with E-state index in [2.05, 4.69) is 33.9 Å². The van der Waals surface area contributed by atoms with E-state index < -0.39 is 44.3 Å². The number of carbonyl (C=O) groups is 3. The Morgan fingerprint density at radius 1 is 1.00 bits per heavy atom. The molecule has 3 aromatic rings. The van der Waals surface area contributed by atoms with Crippen molar-refractivity contribution in [1.29, 1.82) is 0 Å². The van der Waals surface area contributed by atoms with Gasteiger partial charge in [-0.1, -0.05) is 26.0 Å². The predicted molar refractivity (Wildman–Crippen MR) is 211 cm³/mol. The number of allylic oxidation sites excluding steroid dienone is 1. The molecule has 4 heterocycles. The number of aromatic nitrogens is 3. The summed E-state index contributed by atoms with van der Waals surface area (Å²) in [7, 11) is -3.95. The first-order valence-corrected chi connectivity index (χ1v) is 21.2. The molecule has 298 valence electrons. The fraction of sp³-hybridized carbons (Fsp3) is 0.524. The van der Waals surface area contributed by atoms with Gasteiger partial charge in [0.15, 0.2) is 0 Å². The number of amides is 3. The molecule has 2 N–H and O–H groups in total. The summed E-state index contributed by atoms with van der Waals surface area (Å²) in [5.41, 5.74) is 1.08. The monoisotopic (exact) mass is 784 g/mol. The molecule has 2 aromatic heterocycles. The number of fused-ring (bicyclic) bond motifs is 2. The van der Waals surface area contributed by atoms with Crippen molar-refractivity contribution < 1.29 is 32.3 Å². The molecule has 0 unspecified atom stereocenters. The zero-order valence-electron chi connectivity index (χ0n) is 32.7. The van der Waals surface area contributed by atoms with Crippen LogP contribution in [0.15, 0.2) is 67.1 Å². The number of sulfonamides is 1. The van der Waals surface area contributed by atoms with Crippen LogP contribution in [0.1, 0.15) is 86.0 Å². The Kier molecular flexibility index (Phi) is 11.0. The summed E-state index contributed by atoms with van der Waals surface area (Å²) >= 11 is 0. The predicted octanol–water partition coefficient (Wildman–Crippen LogP) is 5.62. The minimum Gasteiger partial charge on any atom is -0.491 e. The quantitative estimate of drug-likeness (QED) is 0.260. The maximum atomic E-state index is 14.4. The Balaban J connectivity index is 1.18. The average Bonchev–Trinajstić information content (AvgIpc) is 4.03. The molecule has 4 aliphatic rings. The minimum absolute atomic E-state index is 0.0256. The minimum atomic E-state index is -3.95. The van der Waals surface area contributed by atoms with Gasteiger partial charge in [-0.3, -0.25) is 29.1 Å². The van der Waals surface area contributed by atoms with Crippen molar-refractivity contribution in [2.24, 2.45) is 17.8 Å². The van der Waals surface area contributed by atoms with Gasteiger partial charge >= 0.3 is 0 Å². The van der Waals surface area contributed by atoms with Gasteiger partial charge in [0.1, 0.15) is 34.9 Å². The van der Waals surface area contributed by atoms with Crippen molar-refractivity contribution in [3.8, 4) is 34.1 Å². The van der Waals surface area contributed by atoms with Crippen LogP contribution >= 0.6 is 0 Å². The van der Waals surface area contributed by atoms with Crippen molar-refractivity contribution in [3.05, 3.63) is 67.1 Å². The van der Waals surface area contributed by atoms with E-state index in [1.165, 1.54) is 0 Å². The van der Waals surface area contributed by atoms with Gasteiger partial charge in [0, 0.05) is 48.8 Å². The number of ether oxygens (including phenoxy) is 2. The van der Waals surface area contributed by atoms with Crippen LogP contribution in [0.25, 0.3) is 22.6 Å². The number of benzene rings is 1. The highest BCUT2D eigenvalue weighted by molar-refractivity contribution is 7.91. The van der Waals surface area contributed by atoms with E-state index in [4.69, 9.17) is 14.5 Å². The molecule has 13 nitrogen and oxygen atoms in total. The fourth-order valence-corrected chi connectivity index (χ4v) is 9.18. The van der Waals surface area contributed by atoms with Gasteiger partial charge in [0.2, 0.25) is 21.8 Å². The maximum Gasteiger partial charge on any atom is 0.259 e. The molecule has 6 atom stereocenters. The molecule has 1 saturated heterocycles. The summed E-state index contributed by atoms with van der Waals surface area (Å²) in [6, 6.07) is 10.3. The van der Waals surface area contributed by atoms with Crippen molar-refractivity contribution >= 4 is 27.7 Å². The van der Waals surface area contributed by atoms with Crippen LogP contribution in [0.5, 0.6) is 11.5 Å². The third-order valence-corrected chi connectivity index (χ3v) is 13.6. The summed E-state index contributed by atoms with van der Waals surface area (Å²) in [6.45, 7) is 9.93. The zero-order valence-corrected chi connectivity index (χ0v) is 33.6. The number of rotatable bonds is 9. The third kappa shape index (κ3) is 8.59. The van der Waals surface area contributed by atoms with E-state index in [9.17, 15) is 22.8 Å². The molecule has 56 heavy (non-hydrogen) atoms. The van der Waals surface area contributed by atoms with E-state index in [1.807, 2.05) is 56.3 Å². The highest BCUT2D eigenvalue weighted by Gasteiger charge is 2.63. The summed E-state index contributed by atoms with van der Waals surface area (Å²) in [5, 5.41) is 2.95. The highest BCUT2D eigenvalue weighted by atomic mass is 32.2. The highest BCUT2D eigenvalue weighted by Crippen LogP contribution is 2.47. The Bertz CT molecular complexity index is 2090. The lowest BCUT2D eigenvalue weighted by Gasteiger charge is -2.28. The van der Waals surface area contributed by atoms with Gasteiger partial charge in [-0.25, -0.2) is 13.4 Å². The topological polar surface area (TPSA) is 170 Å². The van der Waals surface area contributed by atoms with Gasteiger partial charge in [-0.05, 0) is 95.4 Å². The van der Waals surface area contributed by atoms with Crippen LogP contribution in [0.2, 0.25) is 0 Å². The zero-order chi connectivity index (χ0) is 39.8. The maximum absolute atomic E-state index is 14.4. The van der Waals surface area contributed by atoms with Gasteiger partial charge in [-0.15, -0.1) is 0 Å². The van der Waals surface area contributed by atoms with Crippen molar-refractivity contribution in [1.82, 2.24) is 29.9 Å². The van der Waals surface area contributed by atoms with Gasteiger partial charge in [-0.2, -0.15) is 0 Å². The Labute approximate surface area is 329 Å². The SMILES string of the molecule is CC(C)Oc1ccc(-c2cc(O[C@@H]3C[C@H]4C(=O)N[C@]5(C(=O)NS(=O)(=O)C6(C)CC6)C[C@H]5/C=C\CC[C@@H](C)C[C@@H](C)CC(=O)N4C3)cc(-c3cnccn3)n2)cc1. The Morgan fingerprint density at radius 2 is 1.75 bits per heavy atom. The first kappa shape index (κ1) is 39.4. The fourth-order valence-electron chi connectivity index (χ4n) is 7.87. The van der Waals surface area contributed by atoms with Crippen molar-refractivity contribution in [2.45, 2.75) is 115 Å². The first-order valence-electron chi connectivity index (χ1n) is 19.7. The third-order valence-electron chi connectivity index (χ3n) is 11.5. The van der Waals surface area contributed by atoms with Crippen LogP contribution in [0.3, 0.4) is 0 Å². The molecule has 0 spiro atoms. The molecule has 0 radical (unpaired) electrons. The Hall–Kier alpha value is -4.85. The summed E-state index contributed by atoms with van der Waals surface area (Å²) in [6.07, 6.45) is 12.3. The molecular weight excluding hydrogens is 733 g/mol. The molecule has 1 aromatic carbocycles. The van der Waals surface area contributed by atoms with Crippen molar-refractivity contribution in [3.63, 3.8) is 0 Å². The summed E-state index contributed by atoms with van der Waals surface area (Å²) in [4.78, 5) is 57.4. The first-order chi connectivity index (χ1) is 26.6. The molecule has 3 amide bonds. The number of nitrogens with zero attached hydrogens (tertiary/aromatic N) is 4. The van der Waals surface area contributed by atoms with E-state index in [-0.39, 0.29) is 49.7 Å². The number of carbonyl (C=O) groups excluding carboxylic acids is 3. The molecule has 2 saturated carbocycles. The Morgan fingerprint density at radius 3 is 2.45 bits per heavy atom. The molecule has 7 rings (SSSR count). The summed E-state index contributed by atoms with van der Waals surface area (Å²) in [5.74, 6) is -0.151. The van der Waals surface area contributed by atoms with Crippen LogP contribution in [-0.4, -0.2) is 81.1 Å². The van der Waals surface area contributed by atoms with Gasteiger partial charge in [0.05, 0.1) is 35.0 Å². The molecule has 2 aliphatic heterocycles.